The fraction of sp³-hybridized carbons (Fsp3) is 0.615. The lowest BCUT2D eigenvalue weighted by Crippen LogP contribution is -2.26. The van der Waals surface area contributed by atoms with Crippen LogP contribution >= 0.6 is 23.1 Å². The van der Waals surface area contributed by atoms with Crippen LogP contribution in [0.4, 0.5) is 0 Å². The molecule has 2 aromatic rings. The third-order valence-corrected chi connectivity index (χ3v) is 5.41. The second-order valence-corrected chi connectivity index (χ2v) is 7.26. The van der Waals surface area contributed by atoms with E-state index >= 15 is 0 Å². The van der Waals surface area contributed by atoms with Gasteiger partial charge in [-0.3, -0.25) is 0 Å². The quantitative estimate of drug-likeness (QED) is 0.936. The summed E-state index contributed by atoms with van der Waals surface area (Å²) in [4.78, 5) is 4.39. The van der Waals surface area contributed by atoms with Crippen LogP contribution in [0.25, 0.3) is 0 Å². The Morgan fingerprint density at radius 1 is 1.40 bits per heavy atom. The molecule has 0 bridgehead atoms. The Kier molecular flexibility index (Phi) is 4.38. The van der Waals surface area contributed by atoms with Crippen LogP contribution in [0.2, 0.25) is 0 Å². The Hall–Kier alpha value is -0.920. The summed E-state index contributed by atoms with van der Waals surface area (Å²) in [5, 5.41) is 21.9. The minimum Gasteiger partial charge on any atom is -0.416 e. The van der Waals surface area contributed by atoms with Crippen molar-refractivity contribution < 1.29 is 9.52 Å². The maximum Gasteiger partial charge on any atom is 0.276 e. The summed E-state index contributed by atoms with van der Waals surface area (Å²) in [5.74, 6) is 0.586. The van der Waals surface area contributed by atoms with Gasteiger partial charge in [0.25, 0.3) is 5.22 Å². The fourth-order valence-electron chi connectivity index (χ4n) is 2.35. The van der Waals surface area contributed by atoms with E-state index in [1.165, 1.54) is 11.8 Å². The summed E-state index contributed by atoms with van der Waals surface area (Å²) in [6.07, 6.45) is 4.46. The lowest BCUT2D eigenvalue weighted by atomic mass is 9.97. The van der Waals surface area contributed by atoms with Gasteiger partial charge in [-0.15, -0.1) is 21.5 Å². The molecule has 2 atom stereocenters. The Morgan fingerprint density at radius 3 is 3.00 bits per heavy atom. The largest absolute Gasteiger partial charge is 0.416 e. The average Bonchev–Trinajstić information content (AvgIpc) is 3.02. The van der Waals surface area contributed by atoms with E-state index < -0.39 is 0 Å². The molecule has 2 aromatic heterocycles. The average molecular weight is 311 g/mol. The van der Waals surface area contributed by atoms with Gasteiger partial charge in [0.15, 0.2) is 0 Å². The van der Waals surface area contributed by atoms with Crippen molar-refractivity contribution in [3.8, 4) is 0 Å². The molecule has 0 radical (unpaired) electrons. The van der Waals surface area contributed by atoms with Crippen molar-refractivity contribution in [2.75, 3.05) is 0 Å². The molecule has 1 aliphatic carbocycles. The molecule has 0 amide bonds. The zero-order valence-electron chi connectivity index (χ0n) is 11.3. The molecule has 2 unspecified atom stereocenters. The monoisotopic (exact) mass is 311 g/mol. The number of thioether (sulfide) groups is 1. The summed E-state index contributed by atoms with van der Waals surface area (Å²) in [6.45, 7) is 1.98. The van der Waals surface area contributed by atoms with Crippen molar-refractivity contribution in [1.82, 2.24) is 15.2 Å². The van der Waals surface area contributed by atoms with E-state index in [1.54, 1.807) is 11.3 Å². The van der Waals surface area contributed by atoms with Crippen molar-refractivity contribution in [2.24, 2.45) is 0 Å². The molecule has 2 heterocycles. The summed E-state index contributed by atoms with van der Waals surface area (Å²) < 4.78 is 5.64. The minimum atomic E-state index is -0.259. The maximum absolute atomic E-state index is 9.96. The van der Waals surface area contributed by atoms with Gasteiger partial charge in [0.2, 0.25) is 5.89 Å². The number of hydrogen-bond donors (Lipinski definition) is 1. The first-order chi connectivity index (χ1) is 9.70. The van der Waals surface area contributed by atoms with Crippen molar-refractivity contribution >= 4 is 23.1 Å². The number of nitrogens with zero attached hydrogens (tertiary/aromatic N) is 3. The van der Waals surface area contributed by atoms with Crippen LogP contribution in [-0.2, 0) is 6.42 Å². The first kappa shape index (κ1) is 14.0. The first-order valence-corrected chi connectivity index (χ1v) is 8.55. The van der Waals surface area contributed by atoms with Gasteiger partial charge in [-0.25, -0.2) is 4.98 Å². The Labute approximate surface area is 125 Å². The van der Waals surface area contributed by atoms with Gasteiger partial charge in [-0.1, -0.05) is 24.6 Å². The number of thiazole rings is 1. The molecule has 7 heteroatoms. The number of aliphatic hydroxyl groups excluding tert-OH is 1. The number of aryl methyl sites for hydroxylation is 1. The number of aliphatic hydroxyl groups is 1. The van der Waals surface area contributed by atoms with Gasteiger partial charge >= 0.3 is 0 Å². The smallest absolute Gasteiger partial charge is 0.276 e. The summed E-state index contributed by atoms with van der Waals surface area (Å²) in [7, 11) is 0. The molecule has 3 rings (SSSR count). The Bertz CT molecular complexity index is 569. The molecule has 20 heavy (non-hydrogen) atoms. The molecule has 0 aliphatic heterocycles. The van der Waals surface area contributed by atoms with Gasteiger partial charge in [-0.2, -0.15) is 0 Å². The Morgan fingerprint density at radius 2 is 2.25 bits per heavy atom. The molecule has 1 aliphatic rings. The zero-order valence-corrected chi connectivity index (χ0v) is 12.9. The van der Waals surface area contributed by atoms with Crippen LogP contribution in [0, 0.1) is 6.92 Å². The predicted molar refractivity (Wildman–Crippen MR) is 78.1 cm³/mol. The second kappa shape index (κ2) is 6.24. The topological polar surface area (TPSA) is 72.0 Å². The van der Waals surface area contributed by atoms with Crippen molar-refractivity contribution in [3.05, 3.63) is 22.0 Å². The minimum absolute atomic E-state index is 0.179. The third kappa shape index (κ3) is 3.39. The molecular formula is C13H17N3O2S2. The standard InChI is InChI=1S/C13H17N3O2S2/c1-8-14-9(7-19-8)6-12-15-16-13(18-12)20-11-5-3-2-4-10(11)17/h7,10-11,17H,2-6H2,1H3. The van der Waals surface area contributed by atoms with E-state index in [4.69, 9.17) is 4.42 Å². The van der Waals surface area contributed by atoms with E-state index in [0.29, 0.717) is 17.5 Å². The molecule has 1 saturated carbocycles. The second-order valence-electron chi connectivity index (χ2n) is 5.00. The lowest BCUT2D eigenvalue weighted by molar-refractivity contribution is 0.136. The predicted octanol–water partition coefficient (Wildman–Crippen LogP) is 2.82. The highest BCUT2D eigenvalue weighted by Crippen LogP contribution is 2.33. The van der Waals surface area contributed by atoms with Crippen molar-refractivity contribution in [1.29, 1.82) is 0 Å². The molecule has 1 N–H and O–H groups in total. The van der Waals surface area contributed by atoms with E-state index in [1.807, 2.05) is 12.3 Å². The van der Waals surface area contributed by atoms with Crippen LogP contribution in [0.15, 0.2) is 15.0 Å². The van der Waals surface area contributed by atoms with Crippen LogP contribution in [0.1, 0.15) is 42.3 Å². The van der Waals surface area contributed by atoms with Gasteiger partial charge < -0.3 is 9.52 Å². The molecule has 1 fully saturated rings. The van der Waals surface area contributed by atoms with Crippen LogP contribution in [0.3, 0.4) is 0 Å². The van der Waals surface area contributed by atoms with Crippen molar-refractivity contribution in [2.45, 2.75) is 55.6 Å². The van der Waals surface area contributed by atoms with Gasteiger partial charge in [0.1, 0.15) is 0 Å². The van der Waals surface area contributed by atoms with Crippen molar-refractivity contribution in [3.63, 3.8) is 0 Å². The van der Waals surface area contributed by atoms with Gasteiger partial charge in [0.05, 0.1) is 23.2 Å². The summed E-state index contributed by atoms with van der Waals surface area (Å²) in [6, 6.07) is 0. The van der Waals surface area contributed by atoms with Crippen LogP contribution in [-0.4, -0.2) is 31.6 Å². The SMILES string of the molecule is Cc1nc(Cc2nnc(SC3CCCCC3O)o2)cs1. The van der Waals surface area contributed by atoms with E-state index in [0.717, 1.165) is 36.4 Å². The number of hydrogen-bond acceptors (Lipinski definition) is 7. The number of rotatable bonds is 4. The molecule has 0 aromatic carbocycles. The van der Waals surface area contributed by atoms with Gasteiger partial charge in [-0.05, 0) is 19.8 Å². The third-order valence-electron chi connectivity index (χ3n) is 3.37. The summed E-state index contributed by atoms with van der Waals surface area (Å²) >= 11 is 3.12. The first-order valence-electron chi connectivity index (χ1n) is 6.79. The normalized spacial score (nSPS) is 23.1. The fourth-order valence-corrected chi connectivity index (χ4v) is 4.03. The summed E-state index contributed by atoms with van der Waals surface area (Å²) in [5.41, 5.74) is 0.963. The Balaban J connectivity index is 1.61. The van der Waals surface area contributed by atoms with Crippen LogP contribution < -0.4 is 0 Å². The van der Waals surface area contributed by atoms with E-state index in [9.17, 15) is 5.11 Å². The molecule has 108 valence electrons. The highest BCUT2D eigenvalue weighted by Gasteiger charge is 2.26. The molecule has 0 spiro atoms. The van der Waals surface area contributed by atoms with Crippen LogP contribution in [0.5, 0.6) is 0 Å². The zero-order chi connectivity index (χ0) is 13.9. The highest BCUT2D eigenvalue weighted by atomic mass is 32.2. The van der Waals surface area contributed by atoms with E-state index in [-0.39, 0.29) is 11.4 Å². The van der Waals surface area contributed by atoms with Gasteiger partial charge in [0, 0.05) is 10.6 Å². The molecule has 0 saturated heterocycles. The lowest BCUT2D eigenvalue weighted by Gasteiger charge is -2.25. The molecule has 5 nitrogen and oxygen atoms in total. The highest BCUT2D eigenvalue weighted by molar-refractivity contribution is 7.99. The van der Waals surface area contributed by atoms with E-state index in [2.05, 4.69) is 15.2 Å². The number of aromatic nitrogens is 3. The maximum atomic E-state index is 9.96. The molecular weight excluding hydrogens is 294 g/mol.